The lowest BCUT2D eigenvalue weighted by atomic mass is 10.2. The molecule has 0 spiro atoms. The van der Waals surface area contributed by atoms with Gasteiger partial charge in [-0.25, -0.2) is 13.2 Å². The maximum absolute atomic E-state index is 13.2. The fraction of sp³-hybridized carbons (Fsp3) is 0.500. The van der Waals surface area contributed by atoms with E-state index in [1.165, 1.54) is 0 Å². The fourth-order valence-electron chi connectivity index (χ4n) is 1.27. The second-order valence-corrected chi connectivity index (χ2v) is 4.17. The predicted molar refractivity (Wildman–Crippen MR) is 61.9 cm³/mol. The van der Waals surface area contributed by atoms with Gasteiger partial charge >= 0.3 is 0 Å². The summed E-state index contributed by atoms with van der Waals surface area (Å²) in [4.78, 5) is 0. The minimum atomic E-state index is -1.27. The van der Waals surface area contributed by atoms with E-state index in [1.54, 1.807) is 0 Å². The van der Waals surface area contributed by atoms with Crippen LogP contribution in [0.15, 0.2) is 12.1 Å². The number of benzene rings is 1. The van der Waals surface area contributed by atoms with Gasteiger partial charge < -0.3 is 15.2 Å². The number of halogens is 3. The molecule has 1 aromatic carbocycles. The van der Waals surface area contributed by atoms with Gasteiger partial charge in [0.1, 0.15) is 5.82 Å². The summed E-state index contributed by atoms with van der Waals surface area (Å²) in [5.41, 5.74) is -0.323. The highest BCUT2D eigenvalue weighted by Crippen LogP contribution is 2.18. The molecule has 2 N–H and O–H groups in total. The fourth-order valence-corrected chi connectivity index (χ4v) is 1.27. The van der Waals surface area contributed by atoms with Gasteiger partial charge in [0, 0.05) is 18.7 Å². The molecule has 6 heteroatoms. The molecule has 0 saturated heterocycles. The number of hydrogen-bond acceptors (Lipinski definition) is 3. The van der Waals surface area contributed by atoms with Gasteiger partial charge in [-0.2, -0.15) is 0 Å². The van der Waals surface area contributed by atoms with Crippen LogP contribution in [0, 0.1) is 17.5 Å². The van der Waals surface area contributed by atoms with E-state index in [2.05, 4.69) is 5.32 Å². The third kappa shape index (κ3) is 4.54. The molecule has 0 heterocycles. The molecule has 0 bridgehead atoms. The molecule has 18 heavy (non-hydrogen) atoms. The topological polar surface area (TPSA) is 41.5 Å². The van der Waals surface area contributed by atoms with Crippen molar-refractivity contribution in [2.45, 2.75) is 26.1 Å². The molecule has 1 unspecified atom stereocenters. The van der Waals surface area contributed by atoms with E-state index < -0.39 is 23.6 Å². The van der Waals surface area contributed by atoms with Gasteiger partial charge in [-0.1, -0.05) is 0 Å². The van der Waals surface area contributed by atoms with Crippen LogP contribution in [0.3, 0.4) is 0 Å². The highest BCUT2D eigenvalue weighted by atomic mass is 19.2. The largest absolute Gasteiger partial charge is 0.389 e. The van der Waals surface area contributed by atoms with Gasteiger partial charge in [0.25, 0.3) is 0 Å². The summed E-state index contributed by atoms with van der Waals surface area (Å²) in [6.45, 7) is 3.61. The number of aliphatic hydroxyl groups excluding tert-OH is 1. The summed E-state index contributed by atoms with van der Waals surface area (Å²) in [7, 11) is 0. The number of rotatable bonds is 6. The Bertz CT molecular complexity index is 399. The first-order valence-electron chi connectivity index (χ1n) is 5.58. The average Bonchev–Trinajstić information content (AvgIpc) is 2.29. The van der Waals surface area contributed by atoms with Gasteiger partial charge in [0.15, 0.2) is 11.6 Å². The number of hydrogen-bond donors (Lipinski definition) is 2. The summed E-state index contributed by atoms with van der Waals surface area (Å²) in [6, 6.07) is 1.28. The molecule has 1 aromatic rings. The smallest absolute Gasteiger partial charge is 0.182 e. The Morgan fingerprint density at radius 1 is 1.28 bits per heavy atom. The van der Waals surface area contributed by atoms with Crippen LogP contribution >= 0.6 is 0 Å². The maximum Gasteiger partial charge on any atom is 0.182 e. The Balaban J connectivity index is 2.53. The Kier molecular flexibility index (Phi) is 5.43. The zero-order valence-electron chi connectivity index (χ0n) is 10.2. The van der Waals surface area contributed by atoms with E-state index in [-0.39, 0.29) is 24.9 Å². The zero-order valence-corrected chi connectivity index (χ0v) is 10.2. The molecule has 102 valence electrons. The SMILES string of the molecule is CC(C)OCC(O)CNc1cc(F)cc(F)c1F. The van der Waals surface area contributed by atoms with Crippen molar-refractivity contribution in [1.82, 2.24) is 0 Å². The number of aliphatic hydroxyl groups is 1. The molecule has 0 aliphatic rings. The first-order chi connectivity index (χ1) is 8.40. The van der Waals surface area contributed by atoms with Crippen LogP contribution in [0.2, 0.25) is 0 Å². The number of nitrogens with one attached hydrogen (secondary N) is 1. The summed E-state index contributed by atoms with van der Waals surface area (Å²) in [5.74, 6) is -3.33. The molecule has 0 amide bonds. The Labute approximate surface area is 104 Å². The standard InChI is InChI=1S/C12H16F3NO2/c1-7(2)18-6-9(17)5-16-11-4-8(13)3-10(14)12(11)15/h3-4,7,9,16-17H,5-6H2,1-2H3. The lowest BCUT2D eigenvalue weighted by Gasteiger charge is -2.15. The molecule has 1 rings (SSSR count). The van der Waals surface area contributed by atoms with Crippen molar-refractivity contribution >= 4 is 5.69 Å². The lowest BCUT2D eigenvalue weighted by Crippen LogP contribution is -2.26. The van der Waals surface area contributed by atoms with Crippen LogP contribution in [-0.2, 0) is 4.74 Å². The minimum Gasteiger partial charge on any atom is -0.389 e. The third-order valence-corrected chi connectivity index (χ3v) is 2.14. The van der Waals surface area contributed by atoms with Crippen LogP contribution in [-0.4, -0.2) is 30.5 Å². The van der Waals surface area contributed by atoms with Crippen LogP contribution < -0.4 is 5.32 Å². The summed E-state index contributed by atoms with van der Waals surface area (Å²) in [6.07, 6.45) is -0.930. The first-order valence-corrected chi connectivity index (χ1v) is 5.58. The van der Waals surface area contributed by atoms with Crippen LogP contribution in [0.5, 0.6) is 0 Å². The molecule has 0 fully saturated rings. The normalized spacial score (nSPS) is 12.8. The van der Waals surface area contributed by atoms with Crippen molar-refractivity contribution in [2.75, 3.05) is 18.5 Å². The van der Waals surface area contributed by atoms with Gasteiger partial charge in [-0.3, -0.25) is 0 Å². The minimum absolute atomic E-state index is 0.0389. The first kappa shape index (κ1) is 14.8. The summed E-state index contributed by atoms with van der Waals surface area (Å²) >= 11 is 0. The zero-order chi connectivity index (χ0) is 13.7. The van der Waals surface area contributed by atoms with E-state index in [9.17, 15) is 18.3 Å². The molecule has 0 aromatic heterocycles. The molecule has 0 saturated carbocycles. The van der Waals surface area contributed by atoms with Gasteiger partial charge in [-0.05, 0) is 13.8 Å². The number of ether oxygens (including phenoxy) is 1. The second-order valence-electron chi connectivity index (χ2n) is 4.17. The van der Waals surface area contributed by atoms with E-state index in [0.717, 1.165) is 6.07 Å². The predicted octanol–water partition coefficient (Wildman–Crippen LogP) is 2.30. The Morgan fingerprint density at radius 3 is 2.56 bits per heavy atom. The molecular weight excluding hydrogens is 247 g/mol. The van der Waals surface area contributed by atoms with Crippen molar-refractivity contribution in [3.8, 4) is 0 Å². The van der Waals surface area contributed by atoms with E-state index in [1.807, 2.05) is 13.8 Å². The molecule has 0 aliphatic heterocycles. The quantitative estimate of drug-likeness (QED) is 0.774. The highest BCUT2D eigenvalue weighted by Gasteiger charge is 2.12. The Morgan fingerprint density at radius 2 is 1.94 bits per heavy atom. The summed E-state index contributed by atoms with van der Waals surface area (Å²) < 4.78 is 44.1. The van der Waals surface area contributed by atoms with E-state index in [4.69, 9.17) is 4.74 Å². The molecule has 0 aliphatic carbocycles. The highest BCUT2D eigenvalue weighted by molar-refractivity contribution is 5.45. The summed E-state index contributed by atoms with van der Waals surface area (Å²) in [5, 5.41) is 11.9. The van der Waals surface area contributed by atoms with Gasteiger partial charge in [-0.15, -0.1) is 0 Å². The van der Waals surface area contributed by atoms with Crippen molar-refractivity contribution in [3.63, 3.8) is 0 Å². The van der Waals surface area contributed by atoms with Crippen LogP contribution in [0.4, 0.5) is 18.9 Å². The van der Waals surface area contributed by atoms with Gasteiger partial charge in [0.2, 0.25) is 0 Å². The van der Waals surface area contributed by atoms with Crippen molar-refractivity contribution in [1.29, 1.82) is 0 Å². The lowest BCUT2D eigenvalue weighted by molar-refractivity contribution is 0.0112. The van der Waals surface area contributed by atoms with Crippen LogP contribution in [0.1, 0.15) is 13.8 Å². The van der Waals surface area contributed by atoms with E-state index >= 15 is 0 Å². The molecular formula is C12H16F3NO2. The monoisotopic (exact) mass is 263 g/mol. The van der Waals surface area contributed by atoms with E-state index in [0.29, 0.717) is 6.07 Å². The van der Waals surface area contributed by atoms with Crippen molar-refractivity contribution in [3.05, 3.63) is 29.6 Å². The maximum atomic E-state index is 13.2. The van der Waals surface area contributed by atoms with Gasteiger partial charge in [0.05, 0.1) is 24.5 Å². The number of anilines is 1. The second kappa shape index (κ2) is 6.61. The Hall–Kier alpha value is -1.27. The van der Waals surface area contributed by atoms with Crippen molar-refractivity contribution in [2.24, 2.45) is 0 Å². The molecule has 3 nitrogen and oxygen atoms in total. The van der Waals surface area contributed by atoms with Crippen LogP contribution in [0.25, 0.3) is 0 Å². The molecule has 1 atom stereocenters. The van der Waals surface area contributed by atoms with Crippen molar-refractivity contribution < 1.29 is 23.0 Å². The molecule has 0 radical (unpaired) electrons. The average molecular weight is 263 g/mol. The third-order valence-electron chi connectivity index (χ3n) is 2.14.